The zero-order valence-electron chi connectivity index (χ0n) is 11.5. The Kier molecular flexibility index (Phi) is 4.58. The summed E-state index contributed by atoms with van der Waals surface area (Å²) >= 11 is 0. The van der Waals surface area contributed by atoms with Crippen molar-refractivity contribution in [3.05, 3.63) is 36.3 Å². The Balaban J connectivity index is 2.02. The number of nitrogens with zero attached hydrogens (tertiary/aromatic N) is 2. The van der Waals surface area contributed by atoms with Gasteiger partial charge in [0, 0.05) is 31.5 Å². The number of sulfonamides is 1. The van der Waals surface area contributed by atoms with Crippen LogP contribution in [0.3, 0.4) is 0 Å². The fourth-order valence-corrected chi connectivity index (χ4v) is 3.08. The van der Waals surface area contributed by atoms with Crippen LogP contribution in [0.2, 0.25) is 0 Å². The number of imidazole rings is 1. The van der Waals surface area contributed by atoms with Gasteiger partial charge in [0.15, 0.2) is 0 Å². The maximum Gasteiger partial charge on any atom is 0.244 e. The van der Waals surface area contributed by atoms with Crippen LogP contribution in [-0.2, 0) is 23.1 Å². The molecule has 20 heavy (non-hydrogen) atoms. The van der Waals surface area contributed by atoms with Crippen LogP contribution >= 0.6 is 0 Å². The maximum atomic E-state index is 12.2. The van der Waals surface area contributed by atoms with E-state index in [1.807, 2.05) is 0 Å². The molecule has 2 aromatic heterocycles. The van der Waals surface area contributed by atoms with Gasteiger partial charge in [-0.05, 0) is 14.0 Å². The Morgan fingerprint density at radius 3 is 2.90 bits per heavy atom. The van der Waals surface area contributed by atoms with Crippen molar-refractivity contribution in [3.8, 4) is 0 Å². The number of furan rings is 1. The third-order valence-electron chi connectivity index (χ3n) is 2.79. The first-order valence-electron chi connectivity index (χ1n) is 6.22. The van der Waals surface area contributed by atoms with E-state index in [0.717, 1.165) is 0 Å². The van der Waals surface area contributed by atoms with Crippen molar-refractivity contribution >= 4 is 10.0 Å². The Hall–Kier alpha value is -1.64. The summed E-state index contributed by atoms with van der Waals surface area (Å²) in [4.78, 5) is 4.09. The second-order valence-corrected chi connectivity index (χ2v) is 6.10. The molecule has 0 saturated carbocycles. The SMILES string of the molecule is CNCc1cc(S(=O)(=O)NCCn2ccnc2)c(C)o1. The second kappa shape index (κ2) is 6.21. The minimum Gasteiger partial charge on any atom is -0.464 e. The van der Waals surface area contributed by atoms with Gasteiger partial charge in [-0.1, -0.05) is 0 Å². The molecule has 0 fully saturated rings. The quantitative estimate of drug-likeness (QED) is 0.776. The highest BCUT2D eigenvalue weighted by molar-refractivity contribution is 7.89. The number of hydrogen-bond acceptors (Lipinski definition) is 5. The molecular weight excluding hydrogens is 280 g/mol. The molecule has 0 radical (unpaired) electrons. The first-order chi connectivity index (χ1) is 9.53. The average Bonchev–Trinajstić information content (AvgIpc) is 2.99. The highest BCUT2D eigenvalue weighted by atomic mass is 32.2. The van der Waals surface area contributed by atoms with E-state index in [1.165, 1.54) is 0 Å². The minimum absolute atomic E-state index is 0.188. The molecule has 0 amide bonds. The van der Waals surface area contributed by atoms with Crippen LogP contribution < -0.4 is 10.0 Å². The summed E-state index contributed by atoms with van der Waals surface area (Å²) in [5, 5.41) is 2.92. The molecule has 7 nitrogen and oxygen atoms in total. The number of aromatic nitrogens is 2. The zero-order valence-corrected chi connectivity index (χ0v) is 12.3. The Morgan fingerprint density at radius 2 is 2.25 bits per heavy atom. The second-order valence-electron chi connectivity index (χ2n) is 4.36. The number of hydrogen-bond donors (Lipinski definition) is 2. The molecule has 0 atom stereocenters. The highest BCUT2D eigenvalue weighted by Crippen LogP contribution is 2.19. The molecule has 0 bridgehead atoms. The van der Waals surface area contributed by atoms with E-state index in [9.17, 15) is 8.42 Å². The lowest BCUT2D eigenvalue weighted by Crippen LogP contribution is -2.27. The summed E-state index contributed by atoms with van der Waals surface area (Å²) in [7, 11) is -1.77. The molecule has 0 aliphatic heterocycles. The van der Waals surface area contributed by atoms with Crippen LogP contribution in [0.5, 0.6) is 0 Å². The standard InChI is InChI=1S/C12H18N4O3S/c1-10-12(7-11(19-10)8-13-2)20(17,18)15-4-6-16-5-3-14-9-16/h3,5,7,9,13,15H,4,6,8H2,1-2H3. The Morgan fingerprint density at radius 1 is 1.45 bits per heavy atom. The largest absolute Gasteiger partial charge is 0.464 e. The van der Waals surface area contributed by atoms with Gasteiger partial charge in [-0.25, -0.2) is 18.1 Å². The third kappa shape index (κ3) is 3.47. The Labute approximate surface area is 118 Å². The van der Waals surface area contributed by atoms with Crippen molar-refractivity contribution in [2.24, 2.45) is 0 Å². The monoisotopic (exact) mass is 298 g/mol. The van der Waals surface area contributed by atoms with E-state index in [2.05, 4.69) is 15.0 Å². The normalized spacial score (nSPS) is 11.9. The van der Waals surface area contributed by atoms with Crippen molar-refractivity contribution < 1.29 is 12.8 Å². The lowest BCUT2D eigenvalue weighted by molar-refractivity contribution is 0.465. The summed E-state index contributed by atoms with van der Waals surface area (Å²) in [6.45, 7) is 2.96. The molecular formula is C12H18N4O3S. The van der Waals surface area contributed by atoms with Gasteiger partial charge in [-0.15, -0.1) is 0 Å². The number of aryl methyl sites for hydroxylation is 1. The van der Waals surface area contributed by atoms with E-state index in [0.29, 0.717) is 31.2 Å². The van der Waals surface area contributed by atoms with Gasteiger partial charge in [-0.3, -0.25) is 0 Å². The molecule has 0 aliphatic carbocycles. The molecule has 2 aromatic rings. The molecule has 0 aromatic carbocycles. The molecule has 2 N–H and O–H groups in total. The van der Waals surface area contributed by atoms with Crippen LogP contribution in [0.4, 0.5) is 0 Å². The van der Waals surface area contributed by atoms with E-state index < -0.39 is 10.0 Å². The van der Waals surface area contributed by atoms with Gasteiger partial charge in [0.05, 0.1) is 12.9 Å². The van der Waals surface area contributed by atoms with Gasteiger partial charge in [0.1, 0.15) is 16.4 Å². The topological polar surface area (TPSA) is 89.2 Å². The van der Waals surface area contributed by atoms with E-state index >= 15 is 0 Å². The first-order valence-corrected chi connectivity index (χ1v) is 7.70. The van der Waals surface area contributed by atoms with Crippen molar-refractivity contribution in [2.75, 3.05) is 13.6 Å². The predicted molar refractivity (Wildman–Crippen MR) is 73.6 cm³/mol. The lowest BCUT2D eigenvalue weighted by Gasteiger charge is -2.05. The summed E-state index contributed by atoms with van der Waals surface area (Å²) in [6.07, 6.45) is 5.07. The average molecular weight is 298 g/mol. The minimum atomic E-state index is -3.55. The first kappa shape index (κ1) is 14.8. The summed E-state index contributed by atoms with van der Waals surface area (Å²) in [5.74, 6) is 0.991. The highest BCUT2D eigenvalue weighted by Gasteiger charge is 2.20. The van der Waals surface area contributed by atoms with E-state index in [4.69, 9.17) is 4.42 Å². The van der Waals surface area contributed by atoms with Gasteiger partial charge in [0.25, 0.3) is 0 Å². The zero-order chi connectivity index (χ0) is 14.6. The van der Waals surface area contributed by atoms with Gasteiger partial charge in [0.2, 0.25) is 10.0 Å². The van der Waals surface area contributed by atoms with E-state index in [1.54, 1.807) is 43.3 Å². The summed E-state index contributed by atoms with van der Waals surface area (Å²) in [5.41, 5.74) is 0. The van der Waals surface area contributed by atoms with Crippen molar-refractivity contribution in [1.82, 2.24) is 19.6 Å². The molecule has 110 valence electrons. The molecule has 0 unspecified atom stereocenters. The molecule has 0 spiro atoms. The fraction of sp³-hybridized carbons (Fsp3) is 0.417. The van der Waals surface area contributed by atoms with Crippen LogP contribution in [0.25, 0.3) is 0 Å². The fourth-order valence-electron chi connectivity index (χ4n) is 1.86. The molecule has 0 aliphatic rings. The molecule has 2 rings (SSSR count). The lowest BCUT2D eigenvalue weighted by atomic mass is 10.4. The van der Waals surface area contributed by atoms with Gasteiger partial charge < -0.3 is 14.3 Å². The predicted octanol–water partition coefficient (Wildman–Crippen LogP) is 0.482. The van der Waals surface area contributed by atoms with E-state index in [-0.39, 0.29) is 4.90 Å². The molecule has 8 heteroatoms. The van der Waals surface area contributed by atoms with Crippen LogP contribution in [0.1, 0.15) is 11.5 Å². The van der Waals surface area contributed by atoms with Crippen LogP contribution in [0, 0.1) is 6.92 Å². The summed E-state index contributed by atoms with van der Waals surface area (Å²) < 4.78 is 34.1. The Bertz CT molecular complexity index is 646. The van der Waals surface area contributed by atoms with Crippen molar-refractivity contribution in [1.29, 1.82) is 0 Å². The van der Waals surface area contributed by atoms with Gasteiger partial charge >= 0.3 is 0 Å². The number of rotatable bonds is 7. The van der Waals surface area contributed by atoms with Gasteiger partial charge in [-0.2, -0.15) is 0 Å². The molecule has 0 saturated heterocycles. The van der Waals surface area contributed by atoms with Crippen molar-refractivity contribution in [3.63, 3.8) is 0 Å². The van der Waals surface area contributed by atoms with Crippen LogP contribution in [-0.4, -0.2) is 31.6 Å². The smallest absolute Gasteiger partial charge is 0.244 e. The summed E-state index contributed by atoms with van der Waals surface area (Å²) in [6, 6.07) is 1.55. The third-order valence-corrected chi connectivity index (χ3v) is 4.35. The maximum absolute atomic E-state index is 12.2. The van der Waals surface area contributed by atoms with Crippen LogP contribution in [0.15, 0.2) is 34.1 Å². The van der Waals surface area contributed by atoms with Crippen molar-refractivity contribution in [2.45, 2.75) is 24.9 Å². The number of nitrogens with one attached hydrogen (secondary N) is 2. The molecule has 2 heterocycles.